The van der Waals surface area contributed by atoms with E-state index in [9.17, 15) is 17.6 Å². The maximum atomic E-state index is 14.1. The van der Waals surface area contributed by atoms with Crippen molar-refractivity contribution in [1.82, 2.24) is 0 Å². The Morgan fingerprint density at radius 3 is 2.41 bits per heavy atom. The van der Waals surface area contributed by atoms with Crippen LogP contribution in [0.2, 0.25) is 0 Å². The molecule has 1 atom stereocenters. The van der Waals surface area contributed by atoms with E-state index in [1.807, 2.05) is 0 Å². The summed E-state index contributed by atoms with van der Waals surface area (Å²) >= 11 is 0. The third kappa shape index (κ3) is 3.96. The molecule has 0 aromatic heterocycles. The second-order valence-electron chi connectivity index (χ2n) is 5.81. The van der Waals surface area contributed by atoms with E-state index in [0.29, 0.717) is 17.9 Å². The van der Waals surface area contributed by atoms with Gasteiger partial charge in [-0.2, -0.15) is 26.0 Å². The van der Waals surface area contributed by atoms with Gasteiger partial charge >= 0.3 is 64.4 Å². The summed E-state index contributed by atoms with van der Waals surface area (Å²) in [7, 11) is 0. The summed E-state index contributed by atoms with van der Waals surface area (Å²) in [6.45, 7) is 0. The van der Waals surface area contributed by atoms with Crippen LogP contribution in [0.1, 0.15) is 43.2 Å². The van der Waals surface area contributed by atoms with Crippen LogP contribution < -0.4 is 62.9 Å². The molecule has 1 aliphatic heterocycles. The van der Waals surface area contributed by atoms with Crippen molar-refractivity contribution in [1.29, 1.82) is 0 Å². The molecule has 1 heterocycles. The summed E-state index contributed by atoms with van der Waals surface area (Å²) in [5, 5.41) is 0. The molecular formula is C16H17F4ORb. The van der Waals surface area contributed by atoms with Crippen LogP contribution in [0.25, 0.3) is 0 Å². The van der Waals surface area contributed by atoms with E-state index < -0.39 is 17.6 Å². The Balaban J connectivity index is 0.00000176. The van der Waals surface area contributed by atoms with Crippen LogP contribution in [0.4, 0.5) is 17.6 Å². The van der Waals surface area contributed by atoms with E-state index >= 15 is 0 Å². The van der Waals surface area contributed by atoms with Crippen LogP contribution in [-0.2, 0) is 12.6 Å². The number of halogens is 4. The van der Waals surface area contributed by atoms with Crippen molar-refractivity contribution in [2.45, 2.75) is 50.8 Å². The molecule has 1 aliphatic carbocycles. The summed E-state index contributed by atoms with van der Waals surface area (Å²) in [5.74, 6) is -1.13. The molecule has 0 saturated heterocycles. The summed E-state index contributed by atoms with van der Waals surface area (Å²) in [4.78, 5) is 0. The van der Waals surface area contributed by atoms with E-state index in [0.717, 1.165) is 38.2 Å². The van der Waals surface area contributed by atoms with Crippen LogP contribution in [0.15, 0.2) is 12.1 Å². The minimum Gasteiger partial charge on any atom is -0.487 e. The van der Waals surface area contributed by atoms with Gasteiger partial charge in [-0.05, 0) is 30.4 Å². The molecule has 3 rings (SSSR count). The molecule has 116 valence electrons. The van der Waals surface area contributed by atoms with Gasteiger partial charge in [-0.25, -0.2) is 4.39 Å². The van der Waals surface area contributed by atoms with Gasteiger partial charge in [0.1, 0.15) is 6.10 Å². The van der Waals surface area contributed by atoms with Gasteiger partial charge in [0.15, 0.2) is 11.6 Å². The fraction of sp³-hybridized carbons (Fsp3) is 0.562. The number of benzene rings is 1. The second kappa shape index (κ2) is 7.62. The monoisotopic (exact) mass is 386 g/mol. The number of fused-ring (bicyclic) bond motifs is 1. The molecule has 0 spiro atoms. The Labute approximate surface area is 176 Å². The molecule has 22 heavy (non-hydrogen) atoms. The molecule has 0 bridgehead atoms. The van der Waals surface area contributed by atoms with Crippen LogP contribution >= 0.6 is 0 Å². The third-order valence-electron chi connectivity index (χ3n) is 4.46. The molecule has 0 amide bonds. The summed E-state index contributed by atoms with van der Waals surface area (Å²) in [6, 6.07) is 2.15. The Hall–Kier alpha value is 0.545. The number of hydrogen-bond acceptors (Lipinski definition) is 1. The van der Waals surface area contributed by atoms with Crippen molar-refractivity contribution in [2.75, 3.05) is 0 Å². The van der Waals surface area contributed by atoms with Crippen LogP contribution in [0, 0.1) is 18.2 Å². The fourth-order valence-corrected chi connectivity index (χ4v) is 3.30. The van der Waals surface area contributed by atoms with Gasteiger partial charge in [0.05, 0.1) is 5.56 Å². The fourth-order valence-electron chi connectivity index (χ4n) is 3.30. The molecule has 0 N–H and O–H groups in total. The van der Waals surface area contributed by atoms with Crippen molar-refractivity contribution in [3.63, 3.8) is 0 Å². The maximum Gasteiger partial charge on any atom is 1.00 e. The smallest absolute Gasteiger partial charge is 0.487 e. The zero-order valence-corrected chi connectivity index (χ0v) is 17.5. The first kappa shape index (κ1) is 18.9. The van der Waals surface area contributed by atoms with Crippen molar-refractivity contribution in [3.05, 3.63) is 35.5 Å². The predicted molar refractivity (Wildman–Crippen MR) is 70.4 cm³/mol. The summed E-state index contributed by atoms with van der Waals surface area (Å²) in [5.41, 5.74) is -0.696. The molecule has 0 radical (unpaired) electrons. The normalized spacial score (nSPS) is 22.5. The van der Waals surface area contributed by atoms with Crippen LogP contribution in [-0.4, -0.2) is 6.10 Å². The van der Waals surface area contributed by atoms with Gasteiger partial charge in [-0.15, -0.1) is 0 Å². The minimum absolute atomic E-state index is 0. The standard InChI is InChI=1S/C16H17F4O.Rb/c17-14-12(16(18,19)20)8-6-11-7-9-13(21-15(11)14)10-4-2-1-3-5-10;/h1,6,8,10,13H,2-5,7,9H2;/q-1;+1. The van der Waals surface area contributed by atoms with Gasteiger partial charge < -0.3 is 11.2 Å². The van der Waals surface area contributed by atoms with Gasteiger partial charge in [0, 0.05) is 0 Å². The van der Waals surface area contributed by atoms with Gasteiger partial charge in [-0.1, -0.05) is 18.9 Å². The van der Waals surface area contributed by atoms with Crippen LogP contribution in [0.3, 0.4) is 0 Å². The van der Waals surface area contributed by atoms with Crippen molar-refractivity contribution < 1.29 is 80.5 Å². The van der Waals surface area contributed by atoms with E-state index in [-0.39, 0.29) is 70.0 Å². The molecule has 2 aliphatic rings. The molecule has 1 aromatic rings. The van der Waals surface area contributed by atoms with Crippen molar-refractivity contribution >= 4 is 0 Å². The zero-order valence-electron chi connectivity index (χ0n) is 12.5. The largest absolute Gasteiger partial charge is 1.00 e. The molecule has 6 heteroatoms. The number of rotatable bonds is 1. The Morgan fingerprint density at radius 2 is 1.77 bits per heavy atom. The number of ether oxygens (including phenoxy) is 1. The molecule has 1 fully saturated rings. The molecule has 1 saturated carbocycles. The number of alkyl halides is 3. The molecule has 1 nitrogen and oxygen atoms in total. The van der Waals surface area contributed by atoms with Gasteiger partial charge in [0.2, 0.25) is 0 Å². The number of hydrogen-bond donors (Lipinski definition) is 0. The van der Waals surface area contributed by atoms with Gasteiger partial charge in [0.25, 0.3) is 0 Å². The van der Waals surface area contributed by atoms with Crippen LogP contribution in [0.5, 0.6) is 5.75 Å². The third-order valence-corrected chi connectivity index (χ3v) is 4.46. The SMILES string of the molecule is Fc1c(C(F)(F)F)ccc2c1OC(C1CC[CH-]CC1)CC2.[Rb+]. The minimum atomic E-state index is -4.69. The average Bonchev–Trinajstić information content (AvgIpc) is 2.47. The van der Waals surface area contributed by atoms with Gasteiger partial charge in [-0.3, -0.25) is 0 Å². The zero-order chi connectivity index (χ0) is 15.0. The van der Waals surface area contributed by atoms with E-state index in [1.54, 1.807) is 0 Å². The molecule has 1 unspecified atom stereocenters. The first-order chi connectivity index (χ1) is 9.97. The Bertz CT molecular complexity index is 524. The van der Waals surface area contributed by atoms with E-state index in [1.165, 1.54) is 6.07 Å². The molecule has 1 aromatic carbocycles. The quantitative estimate of drug-likeness (QED) is 0.529. The summed E-state index contributed by atoms with van der Waals surface area (Å²) in [6.07, 6.45) is 2.65. The first-order valence-electron chi connectivity index (χ1n) is 7.33. The summed E-state index contributed by atoms with van der Waals surface area (Å²) < 4.78 is 58.1. The molecular weight excluding hydrogens is 370 g/mol. The Morgan fingerprint density at radius 1 is 1.09 bits per heavy atom. The van der Waals surface area contributed by atoms with Crippen molar-refractivity contribution in [3.8, 4) is 5.75 Å². The van der Waals surface area contributed by atoms with E-state index in [4.69, 9.17) is 4.74 Å². The van der Waals surface area contributed by atoms with E-state index in [2.05, 4.69) is 6.42 Å². The van der Waals surface area contributed by atoms with Crippen molar-refractivity contribution in [2.24, 2.45) is 5.92 Å². The predicted octanol–water partition coefficient (Wildman–Crippen LogP) is 1.94. The maximum absolute atomic E-state index is 14.1. The Kier molecular flexibility index (Phi) is 6.54. The topological polar surface area (TPSA) is 9.23 Å². The average molecular weight is 387 g/mol. The second-order valence-corrected chi connectivity index (χ2v) is 5.81. The number of aryl methyl sites for hydroxylation is 1. The first-order valence-corrected chi connectivity index (χ1v) is 7.33.